The lowest BCUT2D eigenvalue weighted by Gasteiger charge is -2.18. The molecule has 0 bridgehead atoms. The molecule has 7 nitrogen and oxygen atoms in total. The van der Waals surface area contributed by atoms with E-state index in [-0.39, 0.29) is 11.9 Å². The van der Waals surface area contributed by atoms with Crippen molar-refractivity contribution in [3.8, 4) is 5.75 Å². The van der Waals surface area contributed by atoms with Gasteiger partial charge in [-0.1, -0.05) is 12.1 Å². The average Bonchev–Trinajstić information content (AvgIpc) is 3.33. The van der Waals surface area contributed by atoms with Crippen molar-refractivity contribution < 1.29 is 9.53 Å². The first kappa shape index (κ1) is 16.8. The third-order valence-electron chi connectivity index (χ3n) is 4.96. The Morgan fingerprint density at radius 1 is 1.23 bits per heavy atom. The van der Waals surface area contributed by atoms with Gasteiger partial charge in [0.25, 0.3) is 5.91 Å². The second-order valence-corrected chi connectivity index (χ2v) is 6.62. The van der Waals surface area contributed by atoms with Gasteiger partial charge in [-0.3, -0.25) is 20.5 Å². The van der Waals surface area contributed by atoms with Crippen LogP contribution in [0, 0.1) is 0 Å². The zero-order valence-corrected chi connectivity index (χ0v) is 14.7. The van der Waals surface area contributed by atoms with Gasteiger partial charge in [0.2, 0.25) is 0 Å². The fraction of sp³-hybridized carbons (Fsp3) is 0.368. The molecule has 1 atom stereocenters. The number of benzene rings is 1. The Balaban J connectivity index is 1.43. The van der Waals surface area contributed by atoms with E-state index in [1.807, 2.05) is 36.5 Å². The minimum atomic E-state index is -0.244. The van der Waals surface area contributed by atoms with Gasteiger partial charge in [0.1, 0.15) is 17.6 Å². The summed E-state index contributed by atoms with van der Waals surface area (Å²) < 4.78 is 5.24. The number of nitrogens with one attached hydrogen (secondary N) is 3. The number of hydrogen-bond acceptors (Lipinski definition) is 6. The number of hydrogen-bond donors (Lipinski definition) is 3. The van der Waals surface area contributed by atoms with Crippen molar-refractivity contribution in [3.05, 3.63) is 48.2 Å². The number of amides is 1. The lowest BCUT2D eigenvalue weighted by atomic mass is 10.0. The molecule has 1 amide bonds. The van der Waals surface area contributed by atoms with Crippen LogP contribution in [0.3, 0.4) is 0 Å². The normalized spacial score (nSPS) is 20.6. The minimum absolute atomic E-state index is 0.0530. The summed E-state index contributed by atoms with van der Waals surface area (Å²) in [7, 11) is 1.63. The molecule has 2 fully saturated rings. The van der Waals surface area contributed by atoms with Gasteiger partial charge in [0, 0.05) is 43.5 Å². The third-order valence-corrected chi connectivity index (χ3v) is 4.96. The van der Waals surface area contributed by atoms with Crippen LogP contribution in [-0.2, 0) is 4.79 Å². The number of pyridine rings is 1. The summed E-state index contributed by atoms with van der Waals surface area (Å²) in [5.41, 5.74) is 8.32. The largest absolute Gasteiger partial charge is 0.497 e. The first-order valence-electron chi connectivity index (χ1n) is 8.88. The highest BCUT2D eigenvalue weighted by Gasteiger charge is 2.33. The maximum Gasteiger partial charge on any atom is 0.250 e. The van der Waals surface area contributed by atoms with E-state index in [1.165, 1.54) is 5.56 Å². The standard InChI is InChI=1S/C19H23N5O2/c1-26-16-4-2-3-15(9-16)23-17-7-8-24(19(17)25)18-6-5-13(10-20-18)14-11-21-22-12-14/h2-6,9-10,14,17,21-23H,7-8,11-12H2,1H3. The fourth-order valence-electron chi connectivity index (χ4n) is 3.45. The molecule has 1 aromatic carbocycles. The molecule has 2 saturated heterocycles. The van der Waals surface area contributed by atoms with Crippen LogP contribution < -0.4 is 25.8 Å². The Morgan fingerprint density at radius 3 is 2.81 bits per heavy atom. The molecule has 1 unspecified atom stereocenters. The number of aromatic nitrogens is 1. The second kappa shape index (κ2) is 7.31. The molecule has 26 heavy (non-hydrogen) atoms. The van der Waals surface area contributed by atoms with Gasteiger partial charge in [-0.05, 0) is 30.2 Å². The summed E-state index contributed by atoms with van der Waals surface area (Å²) in [5, 5.41) is 3.31. The molecule has 2 aliphatic rings. The molecular weight excluding hydrogens is 330 g/mol. The molecule has 2 aromatic rings. The Morgan fingerprint density at radius 2 is 2.08 bits per heavy atom. The van der Waals surface area contributed by atoms with Crippen LogP contribution in [0.15, 0.2) is 42.6 Å². The van der Waals surface area contributed by atoms with Crippen LogP contribution in [0.2, 0.25) is 0 Å². The summed E-state index contributed by atoms with van der Waals surface area (Å²) in [4.78, 5) is 19.1. The molecule has 3 N–H and O–H groups in total. The predicted octanol–water partition coefficient (Wildman–Crippen LogP) is 1.50. The van der Waals surface area contributed by atoms with Crippen LogP contribution >= 0.6 is 0 Å². The van der Waals surface area contributed by atoms with Gasteiger partial charge in [-0.2, -0.15) is 0 Å². The van der Waals surface area contributed by atoms with Gasteiger partial charge in [0.15, 0.2) is 0 Å². The first-order chi connectivity index (χ1) is 12.7. The SMILES string of the molecule is COc1cccc(NC2CCN(c3ccc(C4CNNC4)cn3)C2=O)c1. The lowest BCUT2D eigenvalue weighted by Crippen LogP contribution is -2.33. The van der Waals surface area contributed by atoms with Gasteiger partial charge in [-0.15, -0.1) is 0 Å². The average molecular weight is 353 g/mol. The molecule has 0 aliphatic carbocycles. The van der Waals surface area contributed by atoms with Crippen molar-refractivity contribution in [2.24, 2.45) is 0 Å². The van der Waals surface area contributed by atoms with E-state index >= 15 is 0 Å². The number of carbonyl (C=O) groups excluding carboxylic acids is 1. The number of anilines is 2. The van der Waals surface area contributed by atoms with Crippen molar-refractivity contribution in [1.29, 1.82) is 0 Å². The molecule has 0 saturated carbocycles. The van der Waals surface area contributed by atoms with Crippen molar-refractivity contribution in [3.63, 3.8) is 0 Å². The van der Waals surface area contributed by atoms with Gasteiger partial charge >= 0.3 is 0 Å². The van der Waals surface area contributed by atoms with Crippen LogP contribution in [0.25, 0.3) is 0 Å². The zero-order chi connectivity index (χ0) is 17.9. The third kappa shape index (κ3) is 3.36. The number of ether oxygens (including phenoxy) is 1. The molecular formula is C19H23N5O2. The van der Waals surface area contributed by atoms with E-state index < -0.39 is 0 Å². The van der Waals surface area contributed by atoms with Crippen molar-refractivity contribution in [1.82, 2.24) is 15.8 Å². The summed E-state index contributed by atoms with van der Waals surface area (Å²) >= 11 is 0. The molecule has 0 spiro atoms. The van der Waals surface area contributed by atoms with Crippen LogP contribution in [0.4, 0.5) is 11.5 Å². The predicted molar refractivity (Wildman–Crippen MR) is 100 cm³/mol. The Kier molecular flexibility index (Phi) is 4.73. The highest BCUT2D eigenvalue weighted by Crippen LogP contribution is 2.25. The number of methoxy groups -OCH3 is 1. The molecule has 2 aliphatic heterocycles. The molecule has 3 heterocycles. The van der Waals surface area contributed by atoms with Gasteiger partial charge in [0.05, 0.1) is 7.11 Å². The monoisotopic (exact) mass is 353 g/mol. The smallest absolute Gasteiger partial charge is 0.250 e. The number of carbonyl (C=O) groups is 1. The molecule has 0 radical (unpaired) electrons. The van der Waals surface area contributed by atoms with E-state index in [0.717, 1.165) is 30.9 Å². The lowest BCUT2D eigenvalue weighted by molar-refractivity contribution is -0.117. The van der Waals surface area contributed by atoms with Crippen molar-refractivity contribution in [2.45, 2.75) is 18.4 Å². The summed E-state index contributed by atoms with van der Waals surface area (Å²) in [6.45, 7) is 2.46. The number of rotatable bonds is 5. The van der Waals surface area contributed by atoms with E-state index in [0.29, 0.717) is 18.3 Å². The Hall–Kier alpha value is -2.64. The molecule has 1 aromatic heterocycles. The Bertz CT molecular complexity index is 774. The topological polar surface area (TPSA) is 78.5 Å². The second-order valence-electron chi connectivity index (χ2n) is 6.62. The highest BCUT2D eigenvalue weighted by atomic mass is 16.5. The molecule has 7 heteroatoms. The van der Waals surface area contributed by atoms with Gasteiger partial charge < -0.3 is 10.1 Å². The van der Waals surface area contributed by atoms with E-state index in [9.17, 15) is 4.79 Å². The van der Waals surface area contributed by atoms with E-state index in [4.69, 9.17) is 4.74 Å². The highest BCUT2D eigenvalue weighted by molar-refractivity contribution is 6.00. The molecule has 4 rings (SSSR count). The maximum absolute atomic E-state index is 12.8. The number of nitrogens with zero attached hydrogens (tertiary/aromatic N) is 2. The first-order valence-corrected chi connectivity index (χ1v) is 8.88. The fourth-order valence-corrected chi connectivity index (χ4v) is 3.45. The van der Waals surface area contributed by atoms with Crippen LogP contribution in [-0.4, -0.2) is 43.7 Å². The number of hydrazine groups is 1. The van der Waals surface area contributed by atoms with Crippen LogP contribution in [0.5, 0.6) is 5.75 Å². The molecule has 136 valence electrons. The van der Waals surface area contributed by atoms with E-state index in [2.05, 4.69) is 27.2 Å². The summed E-state index contributed by atoms with van der Waals surface area (Å²) in [5.74, 6) is 1.96. The van der Waals surface area contributed by atoms with E-state index in [1.54, 1.807) is 12.0 Å². The Labute approximate surface area is 152 Å². The van der Waals surface area contributed by atoms with Crippen molar-refractivity contribution in [2.75, 3.05) is 37.0 Å². The van der Waals surface area contributed by atoms with Gasteiger partial charge in [-0.25, -0.2) is 4.98 Å². The van der Waals surface area contributed by atoms with Crippen molar-refractivity contribution >= 4 is 17.4 Å². The summed E-state index contributed by atoms with van der Waals surface area (Å²) in [6, 6.07) is 11.4. The maximum atomic E-state index is 12.8. The van der Waals surface area contributed by atoms with Crippen LogP contribution in [0.1, 0.15) is 17.9 Å². The minimum Gasteiger partial charge on any atom is -0.497 e. The zero-order valence-electron chi connectivity index (χ0n) is 14.7. The summed E-state index contributed by atoms with van der Waals surface area (Å²) in [6.07, 6.45) is 2.63. The quantitative estimate of drug-likeness (QED) is 0.756.